The minimum absolute atomic E-state index is 0. The number of piperidine rings is 1. The van der Waals surface area contributed by atoms with E-state index in [9.17, 15) is 4.79 Å². The number of rotatable bonds is 3. The van der Waals surface area contributed by atoms with Gasteiger partial charge in [0.25, 0.3) is 0 Å². The van der Waals surface area contributed by atoms with E-state index in [1.807, 2.05) is 58.0 Å². The third-order valence-electron chi connectivity index (χ3n) is 3.25. The molecule has 0 aromatic heterocycles. The van der Waals surface area contributed by atoms with Gasteiger partial charge >= 0.3 is 0 Å². The fourth-order valence-corrected chi connectivity index (χ4v) is 2.16. The summed E-state index contributed by atoms with van der Waals surface area (Å²) >= 11 is 0. The van der Waals surface area contributed by atoms with Crippen LogP contribution in [0.5, 0.6) is 0 Å². The van der Waals surface area contributed by atoms with Crippen LogP contribution in [-0.2, 0) is 37.5 Å². The van der Waals surface area contributed by atoms with Crippen molar-refractivity contribution in [1.29, 1.82) is 0 Å². The Morgan fingerprint density at radius 2 is 1.39 bits per heavy atom. The zero-order valence-corrected chi connectivity index (χ0v) is 17.8. The maximum atomic E-state index is 12.2. The molecule has 1 heterocycles. The smallest absolute Gasteiger partial charge is 0.0818 e. The van der Waals surface area contributed by atoms with Crippen LogP contribution in [0.15, 0.2) is 35.9 Å². The van der Waals surface area contributed by atoms with Gasteiger partial charge in [0, 0.05) is 45.8 Å². The summed E-state index contributed by atoms with van der Waals surface area (Å²) < 4.78 is 0. The van der Waals surface area contributed by atoms with Crippen LogP contribution in [0.25, 0.3) is 5.57 Å². The van der Waals surface area contributed by atoms with Crippen molar-refractivity contribution in [3.8, 4) is 0 Å². The maximum absolute atomic E-state index is 12.2. The van der Waals surface area contributed by atoms with Crippen LogP contribution in [-0.4, -0.2) is 23.9 Å². The molecule has 2 rings (SSSR count). The Balaban J connectivity index is 0. The molecule has 1 aliphatic heterocycles. The summed E-state index contributed by atoms with van der Waals surface area (Å²) in [6.07, 6.45) is 3.27. The third kappa shape index (κ3) is 8.08. The summed E-state index contributed by atoms with van der Waals surface area (Å²) in [4.78, 5) is 14.0. The number of carbonyl (C=O) groups is 1. The molecule has 3 heteroatoms. The van der Waals surface area contributed by atoms with Gasteiger partial charge in [0.2, 0.25) is 0 Å². The van der Waals surface area contributed by atoms with Gasteiger partial charge in [0.1, 0.15) is 0 Å². The largest absolute Gasteiger partial charge is 0.402 e. The molecule has 1 radical (unpaired) electrons. The second-order valence-electron chi connectivity index (χ2n) is 4.55. The van der Waals surface area contributed by atoms with Crippen molar-refractivity contribution >= 4 is 11.5 Å². The second-order valence-corrected chi connectivity index (χ2v) is 4.55. The molecule has 0 aliphatic carbocycles. The summed E-state index contributed by atoms with van der Waals surface area (Å²) in [6, 6.07) is 9.36. The van der Waals surface area contributed by atoms with Crippen molar-refractivity contribution in [3.63, 3.8) is 0 Å². The molecule has 0 atom stereocenters. The average Bonchev–Trinajstić information content (AvgIpc) is 2.64. The monoisotopic (exact) mass is 388 g/mol. The van der Waals surface area contributed by atoms with Gasteiger partial charge in [0.15, 0.2) is 0 Å². The van der Waals surface area contributed by atoms with Crippen LogP contribution in [0.1, 0.15) is 52.5 Å². The summed E-state index contributed by atoms with van der Waals surface area (Å²) in [5, 5.41) is 0. The van der Waals surface area contributed by atoms with E-state index in [1.54, 1.807) is 4.90 Å². The molecule has 1 amide bonds. The average molecular weight is 388 g/mol. The van der Waals surface area contributed by atoms with Crippen molar-refractivity contribution in [2.75, 3.05) is 13.1 Å². The molecule has 1 aliphatic rings. The molecule has 0 saturated carbocycles. The number of likely N-dealkylation sites (tertiary alicyclic amines) is 1. The summed E-state index contributed by atoms with van der Waals surface area (Å²) in [5.41, 5.74) is 1.31. The number of hydrogen-bond acceptors (Lipinski definition) is 1. The fourth-order valence-electron chi connectivity index (χ4n) is 2.16. The summed E-state index contributed by atoms with van der Waals surface area (Å²) in [6.45, 7) is 21.4. The van der Waals surface area contributed by atoms with Crippen molar-refractivity contribution in [3.05, 3.63) is 54.6 Å². The van der Waals surface area contributed by atoms with E-state index in [4.69, 9.17) is 13.2 Å². The van der Waals surface area contributed by atoms with Gasteiger partial charge in [-0.2, -0.15) is 5.56 Å². The van der Waals surface area contributed by atoms with Crippen molar-refractivity contribution in [2.24, 2.45) is 0 Å². The molecular formula is C20H29NOY-2. The van der Waals surface area contributed by atoms with E-state index < -0.39 is 0 Å². The number of amides is 1. The van der Waals surface area contributed by atoms with Gasteiger partial charge in [-0.15, -0.1) is 12.1 Å². The molecule has 0 bridgehead atoms. The second kappa shape index (κ2) is 14.8. The topological polar surface area (TPSA) is 20.3 Å². The Morgan fingerprint density at radius 1 is 0.913 bits per heavy atom. The van der Waals surface area contributed by atoms with E-state index >= 15 is 0 Å². The Bertz CT molecular complexity index is 462. The Labute approximate surface area is 167 Å². The van der Waals surface area contributed by atoms with E-state index in [-0.39, 0.29) is 44.2 Å². The summed E-state index contributed by atoms with van der Waals surface area (Å²) in [7, 11) is 0. The van der Waals surface area contributed by atoms with Crippen molar-refractivity contribution in [1.82, 2.24) is 4.90 Å². The number of carbonyl (C=O) groups excluding carboxylic acids is 1. The van der Waals surface area contributed by atoms with Crippen LogP contribution >= 0.6 is 0 Å². The molecule has 0 spiro atoms. The van der Waals surface area contributed by atoms with Crippen LogP contribution in [0.4, 0.5) is 0 Å². The molecule has 125 valence electrons. The molecule has 2 nitrogen and oxygen atoms in total. The molecule has 1 fully saturated rings. The Morgan fingerprint density at radius 3 is 1.87 bits per heavy atom. The van der Waals surface area contributed by atoms with E-state index in [0.717, 1.165) is 31.5 Å². The fraction of sp³-hybridized carbons (Fsp3) is 0.450. The first-order valence-electron chi connectivity index (χ1n) is 8.30. The predicted molar refractivity (Wildman–Crippen MR) is 95.1 cm³/mol. The van der Waals surface area contributed by atoms with Crippen molar-refractivity contribution < 1.29 is 37.5 Å². The number of nitrogens with zero attached hydrogens (tertiary/aromatic N) is 1. The van der Waals surface area contributed by atoms with E-state index in [1.165, 1.54) is 6.42 Å². The first-order valence-corrected chi connectivity index (χ1v) is 8.30. The van der Waals surface area contributed by atoms with Gasteiger partial charge in [0.05, 0.1) is 5.91 Å². The van der Waals surface area contributed by atoms with Gasteiger partial charge < -0.3 is 9.69 Å². The predicted octanol–water partition coefficient (Wildman–Crippen LogP) is 4.92. The van der Waals surface area contributed by atoms with Crippen LogP contribution < -0.4 is 0 Å². The number of hydrogen-bond donors (Lipinski definition) is 0. The minimum Gasteiger partial charge on any atom is -0.402 e. The molecule has 1 saturated heterocycles. The number of benzene rings is 1. The molecule has 1 aromatic carbocycles. The molecular weight excluding hydrogens is 359 g/mol. The van der Waals surface area contributed by atoms with Crippen LogP contribution in [0.2, 0.25) is 0 Å². The van der Waals surface area contributed by atoms with Crippen molar-refractivity contribution in [2.45, 2.75) is 47.0 Å². The first-order chi connectivity index (χ1) is 10.7. The SMILES string of the molecule is CC.CC.[CH-]=C(C(=[CH-])c1ccccc1)C(=O)N1CCCCC1.[Y]. The van der Waals surface area contributed by atoms with Gasteiger partial charge in [-0.05, 0) is 12.8 Å². The molecule has 0 N–H and O–H groups in total. The molecule has 0 unspecified atom stereocenters. The summed E-state index contributed by atoms with van der Waals surface area (Å²) in [5.74, 6) is -0.143. The quantitative estimate of drug-likeness (QED) is 0.409. The third-order valence-corrected chi connectivity index (χ3v) is 3.25. The van der Waals surface area contributed by atoms with Crippen LogP contribution in [0.3, 0.4) is 0 Å². The van der Waals surface area contributed by atoms with E-state index in [2.05, 4.69) is 0 Å². The Hall–Kier alpha value is -0.726. The van der Waals surface area contributed by atoms with Gasteiger partial charge in [-0.1, -0.05) is 52.3 Å². The minimum atomic E-state index is -0.143. The molecule has 23 heavy (non-hydrogen) atoms. The van der Waals surface area contributed by atoms with Gasteiger partial charge in [-0.3, -0.25) is 18.7 Å². The first kappa shape index (κ1) is 24.5. The zero-order chi connectivity index (χ0) is 17.0. The standard InChI is InChI=1S/C16H17NO.2C2H6.Y/c1-13(15-9-5-3-6-10-15)14(2)16(18)17-11-7-4-8-12-17;2*1-2;/h1-3,5-6,9-10H,4,7-8,11-12H2;2*1-2H3;/q-2;;;. The Kier molecular flexibility index (Phi) is 15.8. The van der Waals surface area contributed by atoms with Crippen LogP contribution in [0, 0.1) is 13.2 Å². The van der Waals surface area contributed by atoms with Gasteiger partial charge in [-0.25, -0.2) is 5.57 Å². The van der Waals surface area contributed by atoms with E-state index in [0.29, 0.717) is 5.57 Å². The molecule has 1 aromatic rings. The normalized spacial score (nSPS) is 12.4. The maximum Gasteiger partial charge on any atom is 0.0818 e. The zero-order valence-electron chi connectivity index (χ0n) is 15.0.